The zero-order valence-electron chi connectivity index (χ0n) is 10.5. The lowest BCUT2D eigenvalue weighted by Gasteiger charge is -2.09. The van der Waals surface area contributed by atoms with Crippen molar-refractivity contribution in [2.24, 2.45) is 5.73 Å². The summed E-state index contributed by atoms with van der Waals surface area (Å²) in [5, 5.41) is 0. The fraction of sp³-hybridized carbons (Fsp3) is 0.727. The molecule has 0 bridgehead atoms. The Morgan fingerprint density at radius 2 is 2.18 bits per heavy atom. The molecule has 0 fully saturated rings. The monoisotopic (exact) mass is 259 g/mol. The molecule has 17 heavy (non-hydrogen) atoms. The topological polar surface area (TPSA) is 78.0 Å². The van der Waals surface area contributed by atoms with E-state index in [2.05, 4.69) is 4.98 Å². The lowest BCUT2D eigenvalue weighted by Crippen LogP contribution is -2.22. The molecule has 0 amide bonds. The third kappa shape index (κ3) is 4.87. The fourth-order valence-corrected chi connectivity index (χ4v) is 2.97. The van der Waals surface area contributed by atoms with E-state index in [0.29, 0.717) is 19.4 Å². The van der Waals surface area contributed by atoms with Crippen LogP contribution in [0.25, 0.3) is 0 Å². The smallest absolute Gasteiger partial charge is 0.152 e. The van der Waals surface area contributed by atoms with Crippen molar-refractivity contribution in [3.05, 3.63) is 18.2 Å². The summed E-state index contributed by atoms with van der Waals surface area (Å²) in [4.78, 5) is 4.19. The van der Waals surface area contributed by atoms with E-state index >= 15 is 0 Å². The maximum atomic E-state index is 11.6. The van der Waals surface area contributed by atoms with Crippen molar-refractivity contribution in [1.82, 2.24) is 9.55 Å². The van der Waals surface area contributed by atoms with Gasteiger partial charge in [-0.2, -0.15) is 0 Å². The number of aryl methyl sites for hydroxylation is 1. The van der Waals surface area contributed by atoms with Gasteiger partial charge in [0.25, 0.3) is 0 Å². The standard InChI is InChI=1S/C11H21N3O2S/c1-3-7-17(15,16)8-6-14-5-4-13-11(14)9-10(2)12/h4-5,10H,3,6-9,12H2,1-2H3. The number of imidazole rings is 1. The highest BCUT2D eigenvalue weighted by Crippen LogP contribution is 2.03. The lowest BCUT2D eigenvalue weighted by atomic mass is 10.2. The van der Waals surface area contributed by atoms with Crippen LogP contribution in [0.4, 0.5) is 0 Å². The van der Waals surface area contributed by atoms with E-state index in [1.54, 1.807) is 12.4 Å². The summed E-state index contributed by atoms with van der Waals surface area (Å²) < 4.78 is 25.1. The van der Waals surface area contributed by atoms with Crippen molar-refractivity contribution in [3.8, 4) is 0 Å². The van der Waals surface area contributed by atoms with Crippen LogP contribution < -0.4 is 5.73 Å². The summed E-state index contributed by atoms with van der Waals surface area (Å²) in [6.07, 6.45) is 4.82. The van der Waals surface area contributed by atoms with Gasteiger partial charge in [0.1, 0.15) is 5.82 Å². The average Bonchev–Trinajstić information content (AvgIpc) is 2.61. The molecule has 0 spiro atoms. The van der Waals surface area contributed by atoms with Crippen molar-refractivity contribution < 1.29 is 8.42 Å². The second-order valence-electron chi connectivity index (χ2n) is 4.37. The minimum Gasteiger partial charge on any atom is -0.334 e. The molecular formula is C11H21N3O2S. The Hall–Kier alpha value is -0.880. The summed E-state index contributed by atoms with van der Waals surface area (Å²) >= 11 is 0. The van der Waals surface area contributed by atoms with E-state index in [1.807, 2.05) is 18.4 Å². The number of hydrogen-bond acceptors (Lipinski definition) is 4. The predicted molar refractivity (Wildman–Crippen MR) is 68.5 cm³/mol. The number of nitrogens with two attached hydrogens (primary N) is 1. The molecule has 0 aromatic carbocycles. The van der Waals surface area contributed by atoms with Gasteiger partial charge in [-0.15, -0.1) is 0 Å². The molecule has 98 valence electrons. The van der Waals surface area contributed by atoms with Crippen molar-refractivity contribution >= 4 is 9.84 Å². The maximum absolute atomic E-state index is 11.6. The van der Waals surface area contributed by atoms with E-state index in [1.165, 1.54) is 0 Å². The molecule has 1 rings (SSSR count). The number of rotatable bonds is 7. The molecular weight excluding hydrogens is 238 g/mol. The van der Waals surface area contributed by atoms with Crippen LogP contribution in [0.3, 0.4) is 0 Å². The Bertz CT molecular complexity index is 437. The van der Waals surface area contributed by atoms with E-state index in [4.69, 9.17) is 5.73 Å². The quantitative estimate of drug-likeness (QED) is 0.777. The van der Waals surface area contributed by atoms with Crippen LogP contribution in [-0.2, 0) is 22.8 Å². The van der Waals surface area contributed by atoms with Gasteiger partial charge in [0.15, 0.2) is 9.84 Å². The summed E-state index contributed by atoms with van der Waals surface area (Å²) in [5.74, 6) is 1.28. The first-order chi connectivity index (χ1) is 7.94. The summed E-state index contributed by atoms with van der Waals surface area (Å²) in [6.45, 7) is 4.24. The molecule has 0 radical (unpaired) electrons. The van der Waals surface area contributed by atoms with E-state index < -0.39 is 9.84 Å². The second kappa shape index (κ2) is 6.16. The van der Waals surface area contributed by atoms with E-state index in [9.17, 15) is 8.42 Å². The highest BCUT2D eigenvalue weighted by molar-refractivity contribution is 7.91. The van der Waals surface area contributed by atoms with Crippen molar-refractivity contribution in [2.45, 2.75) is 39.3 Å². The van der Waals surface area contributed by atoms with E-state index in [0.717, 1.165) is 5.82 Å². The number of aromatic nitrogens is 2. The predicted octanol–water partition coefficient (Wildman–Crippen LogP) is 0.598. The SMILES string of the molecule is CCCS(=O)(=O)CCn1ccnc1CC(C)N. The first kappa shape index (κ1) is 14.2. The molecule has 1 atom stereocenters. The average molecular weight is 259 g/mol. The van der Waals surface area contributed by atoms with Gasteiger partial charge in [0, 0.05) is 37.2 Å². The number of hydrogen-bond donors (Lipinski definition) is 1. The Morgan fingerprint density at radius 3 is 2.76 bits per heavy atom. The fourth-order valence-electron chi connectivity index (χ4n) is 1.67. The van der Waals surface area contributed by atoms with Crippen molar-refractivity contribution in [3.63, 3.8) is 0 Å². The summed E-state index contributed by atoms with van der Waals surface area (Å²) in [5.41, 5.74) is 5.71. The molecule has 2 N–H and O–H groups in total. The molecule has 0 aliphatic carbocycles. The molecule has 0 aliphatic rings. The lowest BCUT2D eigenvalue weighted by molar-refractivity contribution is 0.582. The van der Waals surface area contributed by atoms with Gasteiger partial charge in [0.2, 0.25) is 0 Å². The molecule has 5 nitrogen and oxygen atoms in total. The Morgan fingerprint density at radius 1 is 1.47 bits per heavy atom. The van der Waals surface area contributed by atoms with Gasteiger partial charge in [-0.1, -0.05) is 6.92 Å². The third-order valence-electron chi connectivity index (χ3n) is 2.46. The zero-order valence-corrected chi connectivity index (χ0v) is 11.3. The van der Waals surface area contributed by atoms with Gasteiger partial charge in [0.05, 0.1) is 5.75 Å². The molecule has 0 saturated heterocycles. The highest BCUT2D eigenvalue weighted by Gasteiger charge is 2.11. The van der Waals surface area contributed by atoms with Crippen LogP contribution in [0.5, 0.6) is 0 Å². The minimum absolute atomic E-state index is 0.0309. The molecule has 0 aliphatic heterocycles. The van der Waals surface area contributed by atoms with Crippen LogP contribution in [0.15, 0.2) is 12.4 Å². The molecule has 1 heterocycles. The van der Waals surface area contributed by atoms with Crippen molar-refractivity contribution in [2.75, 3.05) is 11.5 Å². The molecule has 1 unspecified atom stereocenters. The normalized spacial score (nSPS) is 13.8. The van der Waals surface area contributed by atoms with Crippen LogP contribution in [-0.4, -0.2) is 35.5 Å². The zero-order chi connectivity index (χ0) is 12.9. The first-order valence-electron chi connectivity index (χ1n) is 5.90. The van der Waals surface area contributed by atoms with E-state index in [-0.39, 0.29) is 17.5 Å². The number of sulfone groups is 1. The Kier molecular flexibility index (Phi) is 5.14. The first-order valence-corrected chi connectivity index (χ1v) is 7.72. The van der Waals surface area contributed by atoms with Crippen LogP contribution in [0, 0.1) is 0 Å². The third-order valence-corrected chi connectivity index (χ3v) is 4.30. The Balaban J connectivity index is 2.60. The van der Waals surface area contributed by atoms with Crippen LogP contribution >= 0.6 is 0 Å². The summed E-state index contributed by atoms with van der Waals surface area (Å²) in [7, 11) is -2.93. The number of nitrogens with zero attached hydrogens (tertiary/aromatic N) is 2. The molecule has 0 saturated carbocycles. The molecule has 1 aromatic rings. The van der Waals surface area contributed by atoms with Gasteiger partial charge in [-0.05, 0) is 13.3 Å². The van der Waals surface area contributed by atoms with Crippen molar-refractivity contribution in [1.29, 1.82) is 0 Å². The Labute approximate surface area is 103 Å². The van der Waals surface area contributed by atoms with Crippen LogP contribution in [0.1, 0.15) is 26.1 Å². The maximum Gasteiger partial charge on any atom is 0.152 e. The highest BCUT2D eigenvalue weighted by atomic mass is 32.2. The van der Waals surface area contributed by atoms with Gasteiger partial charge in [-0.3, -0.25) is 0 Å². The van der Waals surface area contributed by atoms with Gasteiger partial charge in [-0.25, -0.2) is 13.4 Å². The van der Waals surface area contributed by atoms with Gasteiger partial charge >= 0.3 is 0 Å². The molecule has 6 heteroatoms. The molecule has 1 aromatic heterocycles. The minimum atomic E-state index is -2.93. The van der Waals surface area contributed by atoms with Gasteiger partial charge < -0.3 is 10.3 Å². The van der Waals surface area contributed by atoms with Crippen LogP contribution in [0.2, 0.25) is 0 Å². The second-order valence-corrected chi connectivity index (χ2v) is 6.67. The summed E-state index contributed by atoms with van der Waals surface area (Å²) in [6, 6.07) is 0.0309. The largest absolute Gasteiger partial charge is 0.334 e.